The van der Waals surface area contributed by atoms with Crippen LogP contribution in [0.15, 0.2) is 42.6 Å². The fourth-order valence-electron chi connectivity index (χ4n) is 2.85. The predicted molar refractivity (Wildman–Crippen MR) is 99.2 cm³/mol. The first-order valence-corrected chi connectivity index (χ1v) is 8.71. The molecule has 1 aromatic heterocycles. The molecule has 0 spiro atoms. The van der Waals surface area contributed by atoms with Gasteiger partial charge in [0.15, 0.2) is 5.11 Å². The number of aromatic nitrogens is 1. The summed E-state index contributed by atoms with van der Waals surface area (Å²) in [6.07, 6.45) is -3.33. The molecule has 2 heterocycles. The standard InChI is InChI=1S/C18H19F3N4S/c1-13-4-2-3-5-15(13)23-17(26)25-10-8-24(9-11-25)16-7-6-14(12-22-16)18(19,20)21/h2-7,12H,8-11H2,1H3,(H,23,26)/p+1. The van der Waals surface area contributed by atoms with Gasteiger partial charge in [0.2, 0.25) is 0 Å². The number of H-pyrrole nitrogens is 1. The minimum absolute atomic E-state index is 0.662. The molecule has 0 radical (unpaired) electrons. The van der Waals surface area contributed by atoms with E-state index in [1.54, 1.807) is 0 Å². The molecule has 0 amide bonds. The average Bonchev–Trinajstić information content (AvgIpc) is 2.63. The lowest BCUT2D eigenvalue weighted by atomic mass is 10.2. The van der Waals surface area contributed by atoms with E-state index in [0.717, 1.165) is 23.5 Å². The summed E-state index contributed by atoms with van der Waals surface area (Å²) in [6.45, 7) is 4.78. The number of anilines is 2. The van der Waals surface area contributed by atoms with Gasteiger partial charge in [-0.25, -0.2) is 4.98 Å². The number of benzene rings is 1. The molecule has 1 fully saturated rings. The third-order valence-corrected chi connectivity index (χ3v) is 4.78. The molecule has 2 N–H and O–H groups in total. The third kappa shape index (κ3) is 4.24. The molecular formula is C18H20F3N4S+. The quantitative estimate of drug-likeness (QED) is 0.809. The number of piperazine rings is 1. The van der Waals surface area contributed by atoms with Gasteiger partial charge in [0.1, 0.15) is 19.3 Å². The van der Waals surface area contributed by atoms with Crippen LogP contribution >= 0.6 is 12.2 Å². The highest BCUT2D eigenvalue weighted by Gasteiger charge is 2.32. The van der Waals surface area contributed by atoms with Crippen LogP contribution < -0.4 is 15.2 Å². The van der Waals surface area contributed by atoms with Gasteiger partial charge in [-0.3, -0.25) is 4.90 Å². The van der Waals surface area contributed by atoms with Gasteiger partial charge < -0.3 is 10.2 Å². The Hall–Kier alpha value is -2.35. The Balaban J connectivity index is 1.57. The van der Waals surface area contributed by atoms with E-state index >= 15 is 0 Å². The largest absolute Gasteiger partial charge is 0.419 e. The molecule has 4 nitrogen and oxygen atoms in total. The summed E-state index contributed by atoms with van der Waals surface area (Å²) < 4.78 is 37.9. The van der Waals surface area contributed by atoms with Crippen molar-refractivity contribution in [1.29, 1.82) is 0 Å². The van der Waals surface area contributed by atoms with Crippen LogP contribution in [0, 0.1) is 6.92 Å². The molecule has 2 aromatic rings. The Morgan fingerprint density at radius 2 is 1.77 bits per heavy atom. The minimum atomic E-state index is -4.33. The highest BCUT2D eigenvalue weighted by atomic mass is 32.1. The normalized spacial score (nSPS) is 15.1. The van der Waals surface area contributed by atoms with E-state index in [0.29, 0.717) is 37.1 Å². The molecular weight excluding hydrogens is 361 g/mol. The monoisotopic (exact) mass is 381 g/mol. The van der Waals surface area contributed by atoms with Crippen molar-refractivity contribution in [3.8, 4) is 0 Å². The SMILES string of the molecule is Cc1ccccc1NC(=S)N1CCN(c2ccc(C(F)(F)F)c[nH+]2)CC1. The van der Waals surface area contributed by atoms with Gasteiger partial charge in [0.25, 0.3) is 5.82 Å². The summed E-state index contributed by atoms with van der Waals surface area (Å²) in [5.74, 6) is 0.676. The summed E-state index contributed by atoms with van der Waals surface area (Å²) in [6, 6.07) is 10.5. The fraction of sp³-hybridized carbons (Fsp3) is 0.333. The Morgan fingerprint density at radius 1 is 1.08 bits per heavy atom. The number of aromatic amines is 1. The number of halogens is 3. The fourth-order valence-corrected chi connectivity index (χ4v) is 3.14. The van der Waals surface area contributed by atoms with Crippen molar-refractivity contribution in [3.05, 3.63) is 53.7 Å². The number of nitrogens with one attached hydrogen (secondary N) is 2. The van der Waals surface area contributed by atoms with Crippen molar-refractivity contribution in [1.82, 2.24) is 4.90 Å². The number of aryl methyl sites for hydroxylation is 1. The second kappa shape index (κ2) is 7.49. The minimum Gasteiger partial charge on any atom is -0.341 e. The van der Waals surface area contributed by atoms with Crippen molar-refractivity contribution < 1.29 is 18.2 Å². The van der Waals surface area contributed by atoms with E-state index in [4.69, 9.17) is 12.2 Å². The first-order chi connectivity index (χ1) is 12.3. The Morgan fingerprint density at radius 3 is 2.35 bits per heavy atom. The lowest BCUT2D eigenvalue weighted by Gasteiger charge is -2.33. The van der Waals surface area contributed by atoms with Crippen LogP contribution in [-0.2, 0) is 6.18 Å². The van der Waals surface area contributed by atoms with Crippen molar-refractivity contribution in [3.63, 3.8) is 0 Å². The molecule has 1 aliphatic heterocycles. The number of thiocarbonyl (C=S) groups is 1. The molecule has 0 unspecified atom stereocenters. The van der Waals surface area contributed by atoms with Gasteiger partial charge in [0, 0.05) is 11.8 Å². The highest BCUT2D eigenvalue weighted by Crippen LogP contribution is 2.28. The van der Waals surface area contributed by atoms with Crippen LogP contribution in [0.5, 0.6) is 0 Å². The lowest BCUT2D eigenvalue weighted by molar-refractivity contribution is -0.367. The maximum absolute atomic E-state index is 12.6. The van der Waals surface area contributed by atoms with Crippen LogP contribution in [0.2, 0.25) is 0 Å². The van der Waals surface area contributed by atoms with Crippen LogP contribution in [0.1, 0.15) is 11.1 Å². The summed E-state index contributed by atoms with van der Waals surface area (Å²) in [5.41, 5.74) is 1.42. The molecule has 138 valence electrons. The van der Waals surface area contributed by atoms with Crippen molar-refractivity contribution in [2.75, 3.05) is 36.4 Å². The van der Waals surface area contributed by atoms with Crippen LogP contribution in [0.3, 0.4) is 0 Å². The van der Waals surface area contributed by atoms with Gasteiger partial charge in [-0.2, -0.15) is 13.2 Å². The van der Waals surface area contributed by atoms with Gasteiger partial charge in [0.05, 0.1) is 18.7 Å². The second-order valence-corrected chi connectivity index (χ2v) is 6.57. The van der Waals surface area contributed by atoms with Crippen molar-refractivity contribution in [2.24, 2.45) is 0 Å². The summed E-state index contributed by atoms with van der Waals surface area (Å²) in [4.78, 5) is 6.84. The van der Waals surface area contributed by atoms with E-state index < -0.39 is 11.7 Å². The van der Waals surface area contributed by atoms with Crippen LogP contribution in [0.25, 0.3) is 0 Å². The van der Waals surface area contributed by atoms with Crippen molar-refractivity contribution in [2.45, 2.75) is 13.1 Å². The molecule has 0 saturated carbocycles. The predicted octanol–water partition coefficient (Wildman–Crippen LogP) is 3.35. The van der Waals surface area contributed by atoms with Gasteiger partial charge in [-0.1, -0.05) is 18.2 Å². The van der Waals surface area contributed by atoms with E-state index in [-0.39, 0.29) is 0 Å². The topological polar surface area (TPSA) is 32.6 Å². The average molecular weight is 381 g/mol. The maximum atomic E-state index is 12.6. The zero-order chi connectivity index (χ0) is 18.7. The molecule has 1 aliphatic rings. The maximum Gasteiger partial charge on any atom is 0.419 e. The smallest absolute Gasteiger partial charge is 0.341 e. The summed E-state index contributed by atoms with van der Waals surface area (Å²) >= 11 is 5.49. The lowest BCUT2D eigenvalue weighted by Crippen LogP contribution is -2.51. The zero-order valence-electron chi connectivity index (χ0n) is 14.3. The van der Waals surface area contributed by atoms with Gasteiger partial charge in [-0.05, 0) is 36.8 Å². The highest BCUT2D eigenvalue weighted by molar-refractivity contribution is 7.80. The molecule has 1 saturated heterocycles. The van der Waals surface area contributed by atoms with E-state index in [1.165, 1.54) is 6.07 Å². The molecule has 3 rings (SSSR count). The Kier molecular flexibility index (Phi) is 5.31. The van der Waals surface area contributed by atoms with Crippen LogP contribution in [0.4, 0.5) is 24.7 Å². The van der Waals surface area contributed by atoms with E-state index in [2.05, 4.69) is 15.2 Å². The molecule has 1 aromatic carbocycles. The number of alkyl halides is 3. The number of hydrogen-bond donors (Lipinski definition) is 1. The third-order valence-electron chi connectivity index (χ3n) is 4.42. The first-order valence-electron chi connectivity index (χ1n) is 8.30. The second-order valence-electron chi connectivity index (χ2n) is 6.18. The van der Waals surface area contributed by atoms with E-state index in [1.807, 2.05) is 36.1 Å². The Bertz CT molecular complexity index is 769. The Labute approximate surface area is 155 Å². The number of rotatable bonds is 2. The van der Waals surface area contributed by atoms with E-state index in [9.17, 15) is 13.2 Å². The number of nitrogens with zero attached hydrogens (tertiary/aromatic N) is 2. The number of pyridine rings is 1. The molecule has 0 atom stereocenters. The van der Waals surface area contributed by atoms with Gasteiger partial charge in [-0.15, -0.1) is 0 Å². The summed E-state index contributed by atoms with van der Waals surface area (Å²) in [7, 11) is 0. The first kappa shape index (κ1) is 18.4. The van der Waals surface area contributed by atoms with Gasteiger partial charge >= 0.3 is 6.18 Å². The zero-order valence-corrected chi connectivity index (χ0v) is 15.1. The molecule has 0 bridgehead atoms. The van der Waals surface area contributed by atoms with Crippen LogP contribution in [-0.4, -0.2) is 36.2 Å². The molecule has 0 aliphatic carbocycles. The number of hydrogen-bond acceptors (Lipinski definition) is 2. The number of para-hydroxylation sites is 1. The summed E-state index contributed by atoms with van der Waals surface area (Å²) in [5, 5.41) is 3.93. The van der Waals surface area contributed by atoms with Crippen molar-refractivity contribution >= 4 is 28.8 Å². The molecule has 26 heavy (non-hydrogen) atoms. The molecule has 8 heteroatoms.